The van der Waals surface area contributed by atoms with Crippen molar-refractivity contribution in [3.63, 3.8) is 0 Å². The van der Waals surface area contributed by atoms with E-state index in [1.54, 1.807) is 0 Å². The fourth-order valence-electron chi connectivity index (χ4n) is 4.25. The number of aromatic nitrogens is 1. The van der Waals surface area contributed by atoms with Crippen LogP contribution in [0.3, 0.4) is 0 Å². The van der Waals surface area contributed by atoms with Crippen molar-refractivity contribution in [1.82, 2.24) is 10.3 Å². The molecule has 0 radical (unpaired) electrons. The number of halogens is 2. The minimum absolute atomic E-state index is 0.00501. The van der Waals surface area contributed by atoms with Crippen LogP contribution in [0, 0.1) is 11.6 Å². The van der Waals surface area contributed by atoms with Crippen LogP contribution >= 0.6 is 0 Å². The number of aliphatic hydroxyl groups is 1. The Labute approximate surface area is 209 Å². The molecule has 0 aliphatic carbocycles. The smallest absolute Gasteiger partial charge is 0.221 e. The molecule has 1 heterocycles. The van der Waals surface area contributed by atoms with Gasteiger partial charge in [-0.15, -0.1) is 0 Å². The number of H-pyrrole nitrogens is 1. The summed E-state index contributed by atoms with van der Waals surface area (Å²) in [5.74, 6) is -1.66. The fourth-order valence-corrected chi connectivity index (χ4v) is 4.25. The van der Waals surface area contributed by atoms with Gasteiger partial charge < -0.3 is 26.9 Å². The van der Waals surface area contributed by atoms with Crippen LogP contribution in [0.2, 0.25) is 0 Å². The van der Waals surface area contributed by atoms with Gasteiger partial charge >= 0.3 is 0 Å². The first-order valence-electron chi connectivity index (χ1n) is 12.2. The number of para-hydroxylation sites is 1. The second-order valence-electron chi connectivity index (χ2n) is 9.20. The van der Waals surface area contributed by atoms with Crippen LogP contribution in [0.4, 0.5) is 8.78 Å². The van der Waals surface area contributed by atoms with Gasteiger partial charge in [-0.05, 0) is 61.1 Å². The SMILES string of the molecule is NC(CC(=O)NCCCCCC(=O)C(O)C(N)Cc1c[nH]c2ccccc12)Cc1cc(F)ccc1F. The highest BCUT2D eigenvalue weighted by molar-refractivity contribution is 5.85. The maximum absolute atomic E-state index is 13.7. The predicted molar refractivity (Wildman–Crippen MR) is 135 cm³/mol. The van der Waals surface area contributed by atoms with E-state index in [4.69, 9.17) is 11.5 Å². The van der Waals surface area contributed by atoms with Crippen LogP contribution < -0.4 is 16.8 Å². The largest absolute Gasteiger partial charge is 0.384 e. The Morgan fingerprint density at radius 3 is 2.58 bits per heavy atom. The molecule has 0 aliphatic rings. The molecule has 9 heteroatoms. The Morgan fingerprint density at radius 1 is 1.00 bits per heavy atom. The minimum Gasteiger partial charge on any atom is -0.384 e. The number of carbonyl (C=O) groups is 2. The van der Waals surface area contributed by atoms with Crippen molar-refractivity contribution < 1.29 is 23.5 Å². The zero-order valence-corrected chi connectivity index (χ0v) is 20.2. The van der Waals surface area contributed by atoms with Gasteiger partial charge in [-0.2, -0.15) is 0 Å². The number of aromatic amines is 1. The van der Waals surface area contributed by atoms with Crippen molar-refractivity contribution in [2.75, 3.05) is 6.54 Å². The molecule has 3 unspecified atom stereocenters. The highest BCUT2D eigenvalue weighted by Crippen LogP contribution is 2.20. The standard InChI is InChI=1S/C27H34F2N4O3/c28-19-9-10-22(29)17(12-19)13-20(30)15-26(35)32-11-5-1-2-8-25(34)27(36)23(31)14-18-16-33-24-7-4-3-6-21(18)24/h3-4,6-7,9-10,12,16,20,23,27,33,36H,1-2,5,8,11,13-15,30-31H2,(H,32,35). The molecule has 3 rings (SSSR count). The molecule has 7 N–H and O–H groups in total. The van der Waals surface area contributed by atoms with Gasteiger partial charge in [0.2, 0.25) is 5.91 Å². The summed E-state index contributed by atoms with van der Waals surface area (Å²) < 4.78 is 27.0. The highest BCUT2D eigenvalue weighted by Gasteiger charge is 2.23. The summed E-state index contributed by atoms with van der Waals surface area (Å²) in [6.07, 6.45) is 3.19. The van der Waals surface area contributed by atoms with E-state index in [0.717, 1.165) is 34.7 Å². The number of carbonyl (C=O) groups excluding carboxylic acids is 2. The summed E-state index contributed by atoms with van der Waals surface area (Å²) >= 11 is 0. The summed E-state index contributed by atoms with van der Waals surface area (Å²) in [4.78, 5) is 27.6. The van der Waals surface area contributed by atoms with Gasteiger partial charge in [0.15, 0.2) is 5.78 Å². The number of hydrogen-bond donors (Lipinski definition) is 5. The number of aliphatic hydroxyl groups excluding tert-OH is 1. The van der Waals surface area contributed by atoms with Crippen LogP contribution in [-0.4, -0.2) is 46.5 Å². The number of ketones is 1. The lowest BCUT2D eigenvalue weighted by atomic mass is 9.96. The molecular weight excluding hydrogens is 466 g/mol. The molecule has 0 aliphatic heterocycles. The van der Waals surface area contributed by atoms with Gasteiger partial charge in [0, 0.05) is 48.6 Å². The third-order valence-corrected chi connectivity index (χ3v) is 6.23. The Kier molecular flexibility index (Phi) is 10.1. The molecular formula is C27H34F2N4O3. The first kappa shape index (κ1) is 27.4. The van der Waals surface area contributed by atoms with E-state index in [1.165, 1.54) is 0 Å². The van der Waals surface area contributed by atoms with Crippen LogP contribution in [-0.2, 0) is 22.4 Å². The predicted octanol–water partition coefficient (Wildman–Crippen LogP) is 2.88. The molecule has 2 aromatic carbocycles. The molecule has 0 bridgehead atoms. The average Bonchev–Trinajstić information content (AvgIpc) is 3.25. The summed E-state index contributed by atoms with van der Waals surface area (Å²) in [7, 11) is 0. The first-order valence-corrected chi connectivity index (χ1v) is 12.2. The van der Waals surface area contributed by atoms with Crippen molar-refractivity contribution in [2.24, 2.45) is 11.5 Å². The van der Waals surface area contributed by atoms with Gasteiger partial charge in [0.25, 0.3) is 0 Å². The second kappa shape index (κ2) is 13.2. The number of Topliss-reactive ketones (excluding diaryl/α,β-unsaturated/α-hetero) is 1. The molecule has 0 saturated carbocycles. The summed E-state index contributed by atoms with van der Waals surface area (Å²) in [6, 6.07) is 9.62. The summed E-state index contributed by atoms with van der Waals surface area (Å²) in [6.45, 7) is 0.413. The van der Waals surface area contributed by atoms with E-state index in [2.05, 4.69) is 10.3 Å². The van der Waals surface area contributed by atoms with Crippen molar-refractivity contribution in [3.05, 3.63) is 71.4 Å². The number of nitrogens with two attached hydrogens (primary N) is 2. The number of unbranched alkanes of at least 4 members (excludes halogenated alkanes) is 2. The third-order valence-electron chi connectivity index (χ3n) is 6.23. The van der Waals surface area contributed by atoms with Crippen LogP contribution in [0.25, 0.3) is 10.9 Å². The van der Waals surface area contributed by atoms with Gasteiger partial charge in [-0.3, -0.25) is 9.59 Å². The van der Waals surface area contributed by atoms with Gasteiger partial charge in [0.05, 0.1) is 0 Å². The number of benzene rings is 2. The van der Waals surface area contributed by atoms with Crippen LogP contribution in [0.1, 0.15) is 43.2 Å². The second-order valence-corrected chi connectivity index (χ2v) is 9.20. The maximum atomic E-state index is 13.7. The van der Waals surface area contributed by atoms with E-state index in [-0.39, 0.29) is 36.5 Å². The Bertz CT molecular complexity index is 1170. The van der Waals surface area contributed by atoms with E-state index in [0.29, 0.717) is 32.2 Å². The quantitative estimate of drug-likeness (QED) is 0.217. The van der Waals surface area contributed by atoms with Crippen molar-refractivity contribution in [1.29, 1.82) is 0 Å². The molecule has 194 valence electrons. The lowest BCUT2D eigenvalue weighted by molar-refractivity contribution is -0.128. The molecule has 0 saturated heterocycles. The topological polar surface area (TPSA) is 134 Å². The van der Waals surface area contributed by atoms with Gasteiger partial charge in [0.1, 0.15) is 17.7 Å². The minimum atomic E-state index is -1.23. The molecule has 3 aromatic rings. The normalized spacial score (nSPS) is 13.9. The van der Waals surface area contributed by atoms with Crippen molar-refractivity contribution in [2.45, 2.75) is 63.1 Å². The zero-order chi connectivity index (χ0) is 26.1. The number of fused-ring (bicyclic) bond motifs is 1. The lowest BCUT2D eigenvalue weighted by Gasteiger charge is -2.17. The Hall–Kier alpha value is -3.14. The lowest BCUT2D eigenvalue weighted by Crippen LogP contribution is -2.42. The van der Waals surface area contributed by atoms with Crippen molar-refractivity contribution >= 4 is 22.6 Å². The van der Waals surface area contributed by atoms with E-state index < -0.39 is 29.8 Å². The molecule has 1 amide bonds. The number of nitrogens with one attached hydrogen (secondary N) is 2. The van der Waals surface area contributed by atoms with E-state index in [1.807, 2.05) is 30.5 Å². The number of amides is 1. The molecule has 36 heavy (non-hydrogen) atoms. The summed E-state index contributed by atoms with van der Waals surface area (Å²) in [5.41, 5.74) is 14.1. The van der Waals surface area contributed by atoms with E-state index >= 15 is 0 Å². The maximum Gasteiger partial charge on any atom is 0.221 e. The highest BCUT2D eigenvalue weighted by atomic mass is 19.1. The summed E-state index contributed by atoms with van der Waals surface area (Å²) in [5, 5.41) is 14.1. The van der Waals surface area contributed by atoms with E-state index in [9.17, 15) is 23.5 Å². The number of rotatable bonds is 14. The molecule has 0 spiro atoms. The van der Waals surface area contributed by atoms with Crippen molar-refractivity contribution in [3.8, 4) is 0 Å². The zero-order valence-electron chi connectivity index (χ0n) is 20.2. The molecule has 0 fully saturated rings. The molecule has 3 atom stereocenters. The Balaban J connectivity index is 1.29. The number of hydrogen-bond acceptors (Lipinski definition) is 5. The van der Waals surface area contributed by atoms with Gasteiger partial charge in [-0.25, -0.2) is 8.78 Å². The monoisotopic (exact) mass is 500 g/mol. The fraction of sp³-hybridized carbons (Fsp3) is 0.407. The first-order chi connectivity index (χ1) is 17.2. The molecule has 7 nitrogen and oxygen atoms in total. The van der Waals surface area contributed by atoms with Crippen LogP contribution in [0.5, 0.6) is 0 Å². The Morgan fingerprint density at radius 2 is 1.78 bits per heavy atom. The van der Waals surface area contributed by atoms with Crippen LogP contribution in [0.15, 0.2) is 48.7 Å². The molecule has 1 aromatic heterocycles. The third kappa shape index (κ3) is 7.94. The average molecular weight is 501 g/mol. The van der Waals surface area contributed by atoms with Gasteiger partial charge in [-0.1, -0.05) is 24.6 Å².